The Morgan fingerprint density at radius 2 is 1.84 bits per heavy atom. The van der Waals surface area contributed by atoms with E-state index in [0.717, 1.165) is 0 Å². The standard InChI is InChI=1S/C17H12Cl2N2O3S/c18-12-5-3-11(4-6-12)10-25(23,24)13-8-15(21-9-13)16(22)14-2-1-7-20-17(14)19/h1-9,21H,10H2. The number of benzene rings is 1. The second-order valence-electron chi connectivity index (χ2n) is 5.31. The summed E-state index contributed by atoms with van der Waals surface area (Å²) in [6, 6.07) is 11.0. The average molecular weight is 395 g/mol. The molecule has 8 heteroatoms. The van der Waals surface area contributed by atoms with E-state index in [-0.39, 0.29) is 27.1 Å². The van der Waals surface area contributed by atoms with Crippen LogP contribution in [0.3, 0.4) is 0 Å². The second-order valence-corrected chi connectivity index (χ2v) is 8.09. The predicted octanol–water partition coefficient (Wildman–Crippen LogP) is 3.92. The van der Waals surface area contributed by atoms with Gasteiger partial charge in [0.25, 0.3) is 0 Å². The zero-order chi connectivity index (χ0) is 18.0. The van der Waals surface area contributed by atoms with Crippen molar-refractivity contribution in [3.8, 4) is 0 Å². The molecule has 2 aromatic heterocycles. The van der Waals surface area contributed by atoms with Crippen LogP contribution in [0, 0.1) is 0 Å². The SMILES string of the molecule is O=C(c1cc(S(=O)(=O)Cc2ccc(Cl)cc2)c[nH]1)c1cccnc1Cl. The fraction of sp³-hybridized carbons (Fsp3) is 0.0588. The van der Waals surface area contributed by atoms with Crippen molar-refractivity contribution in [2.24, 2.45) is 0 Å². The molecule has 0 aliphatic carbocycles. The van der Waals surface area contributed by atoms with Gasteiger partial charge in [-0.3, -0.25) is 4.79 Å². The monoisotopic (exact) mass is 394 g/mol. The third kappa shape index (κ3) is 3.92. The van der Waals surface area contributed by atoms with E-state index in [2.05, 4.69) is 9.97 Å². The summed E-state index contributed by atoms with van der Waals surface area (Å²) < 4.78 is 25.0. The van der Waals surface area contributed by atoms with Gasteiger partial charge in [0.05, 0.1) is 21.9 Å². The molecule has 0 radical (unpaired) electrons. The van der Waals surface area contributed by atoms with E-state index in [1.807, 2.05) is 0 Å². The van der Waals surface area contributed by atoms with Crippen LogP contribution in [-0.2, 0) is 15.6 Å². The highest BCUT2D eigenvalue weighted by Gasteiger charge is 2.21. The molecule has 0 bridgehead atoms. The predicted molar refractivity (Wildman–Crippen MR) is 95.8 cm³/mol. The van der Waals surface area contributed by atoms with Gasteiger partial charge in [-0.1, -0.05) is 35.3 Å². The molecule has 3 rings (SSSR count). The number of nitrogens with one attached hydrogen (secondary N) is 1. The lowest BCUT2D eigenvalue weighted by Crippen LogP contribution is -2.05. The summed E-state index contributed by atoms with van der Waals surface area (Å²) in [5, 5.41) is 0.594. The number of carbonyl (C=O) groups is 1. The third-order valence-corrected chi connectivity index (χ3v) is 5.75. The van der Waals surface area contributed by atoms with E-state index >= 15 is 0 Å². The molecule has 0 spiro atoms. The van der Waals surface area contributed by atoms with Crippen molar-refractivity contribution in [2.45, 2.75) is 10.6 Å². The first kappa shape index (κ1) is 17.7. The van der Waals surface area contributed by atoms with Gasteiger partial charge in [0.2, 0.25) is 5.78 Å². The Labute approximate surface area is 154 Å². The summed E-state index contributed by atoms with van der Waals surface area (Å²) in [6.45, 7) is 0. The number of H-pyrrole nitrogens is 1. The summed E-state index contributed by atoms with van der Waals surface area (Å²) in [6.07, 6.45) is 2.76. The van der Waals surface area contributed by atoms with Gasteiger partial charge in [-0.25, -0.2) is 13.4 Å². The van der Waals surface area contributed by atoms with Crippen LogP contribution in [0.4, 0.5) is 0 Å². The topological polar surface area (TPSA) is 79.9 Å². The molecule has 0 fully saturated rings. The number of aromatic amines is 1. The van der Waals surface area contributed by atoms with Gasteiger partial charge in [-0.15, -0.1) is 0 Å². The van der Waals surface area contributed by atoms with Crippen LogP contribution in [0.25, 0.3) is 0 Å². The highest BCUT2D eigenvalue weighted by molar-refractivity contribution is 7.90. The van der Waals surface area contributed by atoms with E-state index in [0.29, 0.717) is 10.6 Å². The summed E-state index contributed by atoms with van der Waals surface area (Å²) >= 11 is 11.7. The van der Waals surface area contributed by atoms with Crippen molar-refractivity contribution in [1.29, 1.82) is 0 Å². The summed E-state index contributed by atoms with van der Waals surface area (Å²) in [7, 11) is -3.61. The minimum atomic E-state index is -3.61. The van der Waals surface area contributed by atoms with Crippen LogP contribution < -0.4 is 0 Å². The lowest BCUT2D eigenvalue weighted by molar-refractivity contribution is 0.103. The lowest BCUT2D eigenvalue weighted by atomic mass is 10.1. The van der Waals surface area contributed by atoms with E-state index in [4.69, 9.17) is 23.2 Å². The Hall–Kier alpha value is -2.15. The number of halogens is 2. The number of aromatic nitrogens is 2. The minimum absolute atomic E-state index is 0.0332. The Morgan fingerprint density at radius 3 is 2.52 bits per heavy atom. The average Bonchev–Trinajstić information content (AvgIpc) is 3.08. The highest BCUT2D eigenvalue weighted by Crippen LogP contribution is 2.21. The number of sulfone groups is 1. The normalized spacial score (nSPS) is 11.4. The van der Waals surface area contributed by atoms with E-state index < -0.39 is 15.6 Å². The minimum Gasteiger partial charge on any atom is -0.357 e. The number of hydrogen-bond acceptors (Lipinski definition) is 4. The highest BCUT2D eigenvalue weighted by atomic mass is 35.5. The van der Waals surface area contributed by atoms with Crippen molar-refractivity contribution in [1.82, 2.24) is 9.97 Å². The lowest BCUT2D eigenvalue weighted by Gasteiger charge is -2.02. The van der Waals surface area contributed by atoms with Crippen molar-refractivity contribution in [3.05, 3.63) is 81.9 Å². The van der Waals surface area contributed by atoms with Gasteiger partial charge in [0.1, 0.15) is 5.15 Å². The Balaban J connectivity index is 1.86. The smallest absolute Gasteiger partial charge is 0.212 e. The maximum atomic E-state index is 12.5. The number of rotatable bonds is 5. The summed E-state index contributed by atoms with van der Waals surface area (Å²) in [4.78, 5) is 19.0. The molecule has 3 aromatic rings. The zero-order valence-corrected chi connectivity index (χ0v) is 15.1. The van der Waals surface area contributed by atoms with Gasteiger partial charge < -0.3 is 4.98 Å². The van der Waals surface area contributed by atoms with Gasteiger partial charge >= 0.3 is 0 Å². The van der Waals surface area contributed by atoms with Crippen LogP contribution in [0.15, 0.2) is 59.8 Å². The number of carbonyl (C=O) groups excluding carboxylic acids is 1. The van der Waals surface area contributed by atoms with Crippen molar-refractivity contribution in [2.75, 3.05) is 0 Å². The molecule has 25 heavy (non-hydrogen) atoms. The first-order chi connectivity index (χ1) is 11.9. The number of hydrogen-bond donors (Lipinski definition) is 1. The molecule has 0 saturated heterocycles. The van der Waals surface area contributed by atoms with Gasteiger partial charge in [-0.2, -0.15) is 0 Å². The summed E-state index contributed by atoms with van der Waals surface area (Å²) in [5.74, 6) is -0.616. The molecule has 0 aliphatic rings. The Morgan fingerprint density at radius 1 is 1.12 bits per heavy atom. The fourth-order valence-corrected chi connectivity index (χ4v) is 3.93. The Bertz CT molecular complexity index is 1030. The molecule has 0 amide bonds. The maximum absolute atomic E-state index is 12.5. The summed E-state index contributed by atoms with van der Waals surface area (Å²) in [5.41, 5.74) is 0.936. The Kier molecular flexibility index (Phi) is 4.94. The molecule has 5 nitrogen and oxygen atoms in total. The third-order valence-electron chi connectivity index (χ3n) is 3.53. The molecular weight excluding hydrogens is 383 g/mol. The maximum Gasteiger partial charge on any atom is 0.212 e. The molecular formula is C17H12Cl2N2O3S. The van der Waals surface area contributed by atoms with Crippen molar-refractivity contribution in [3.63, 3.8) is 0 Å². The zero-order valence-electron chi connectivity index (χ0n) is 12.7. The molecule has 1 N–H and O–H groups in total. The quantitative estimate of drug-likeness (QED) is 0.525. The first-order valence-corrected chi connectivity index (χ1v) is 9.58. The van der Waals surface area contributed by atoms with Gasteiger partial charge in [-0.05, 0) is 35.9 Å². The molecule has 128 valence electrons. The van der Waals surface area contributed by atoms with Crippen molar-refractivity contribution >= 4 is 38.8 Å². The van der Waals surface area contributed by atoms with E-state index in [1.54, 1.807) is 30.3 Å². The van der Waals surface area contributed by atoms with Crippen LogP contribution in [0.1, 0.15) is 21.6 Å². The van der Waals surface area contributed by atoms with Crippen LogP contribution in [0.5, 0.6) is 0 Å². The van der Waals surface area contributed by atoms with Crippen LogP contribution in [-0.4, -0.2) is 24.2 Å². The molecule has 0 unspecified atom stereocenters. The van der Waals surface area contributed by atoms with Crippen LogP contribution >= 0.6 is 23.2 Å². The molecule has 2 heterocycles. The van der Waals surface area contributed by atoms with Crippen molar-refractivity contribution < 1.29 is 13.2 Å². The number of nitrogens with zero attached hydrogens (tertiary/aromatic N) is 1. The first-order valence-electron chi connectivity index (χ1n) is 7.17. The van der Waals surface area contributed by atoms with Gasteiger partial charge in [0.15, 0.2) is 9.84 Å². The van der Waals surface area contributed by atoms with E-state index in [9.17, 15) is 13.2 Å². The molecule has 1 aromatic carbocycles. The molecule has 0 atom stereocenters. The second kappa shape index (κ2) is 7.00. The van der Waals surface area contributed by atoms with Crippen LogP contribution in [0.2, 0.25) is 10.2 Å². The fourth-order valence-electron chi connectivity index (χ4n) is 2.27. The van der Waals surface area contributed by atoms with Gasteiger partial charge in [0, 0.05) is 17.4 Å². The molecule has 0 aliphatic heterocycles. The largest absolute Gasteiger partial charge is 0.357 e. The van der Waals surface area contributed by atoms with E-state index in [1.165, 1.54) is 24.5 Å². The number of ketones is 1. The number of pyridine rings is 1. The molecule has 0 saturated carbocycles.